The van der Waals surface area contributed by atoms with Gasteiger partial charge >= 0.3 is 0 Å². The van der Waals surface area contributed by atoms with E-state index in [1.165, 1.54) is 12.1 Å². The van der Waals surface area contributed by atoms with Crippen LogP contribution in [0, 0.1) is 5.82 Å². The third-order valence-corrected chi connectivity index (χ3v) is 2.38. The monoisotopic (exact) mass is 240 g/mol. The van der Waals surface area contributed by atoms with Gasteiger partial charge in [-0.15, -0.1) is 0 Å². The smallest absolute Gasteiger partial charge is 0.124 e. The Hall–Kier alpha value is -1.16. The summed E-state index contributed by atoms with van der Waals surface area (Å²) in [6, 6.07) is 4.55. The Bertz CT molecular complexity index is 412. The van der Waals surface area contributed by atoms with Crippen molar-refractivity contribution in [1.82, 2.24) is 9.97 Å². The fourth-order valence-corrected chi connectivity index (χ4v) is 1.68. The van der Waals surface area contributed by atoms with Gasteiger partial charge in [0.15, 0.2) is 0 Å². The second-order valence-corrected chi connectivity index (χ2v) is 3.44. The maximum atomic E-state index is 12.7. The van der Waals surface area contributed by atoms with Gasteiger partial charge in [-0.2, -0.15) is 0 Å². The van der Waals surface area contributed by atoms with Gasteiger partial charge in [-0.05, 0) is 34.1 Å². The number of halogens is 2. The first-order valence-corrected chi connectivity index (χ1v) is 4.50. The van der Waals surface area contributed by atoms with E-state index in [-0.39, 0.29) is 5.82 Å². The average molecular weight is 241 g/mol. The molecule has 0 fully saturated rings. The first kappa shape index (κ1) is 8.44. The van der Waals surface area contributed by atoms with E-state index in [1.54, 1.807) is 18.6 Å². The molecule has 0 aliphatic rings. The van der Waals surface area contributed by atoms with Gasteiger partial charge in [0, 0.05) is 10.0 Å². The van der Waals surface area contributed by atoms with E-state index >= 15 is 0 Å². The molecule has 2 aromatic rings. The molecular formula is C9H6BrFN2. The minimum Gasteiger partial charge on any atom is -0.345 e. The Labute approximate surface area is 83.0 Å². The summed E-state index contributed by atoms with van der Waals surface area (Å²) in [5.41, 5.74) is 1.77. The molecule has 0 atom stereocenters. The molecule has 13 heavy (non-hydrogen) atoms. The largest absolute Gasteiger partial charge is 0.345 e. The van der Waals surface area contributed by atoms with Crippen molar-refractivity contribution in [2.45, 2.75) is 0 Å². The van der Waals surface area contributed by atoms with E-state index in [9.17, 15) is 4.39 Å². The molecular weight excluding hydrogens is 235 g/mol. The maximum Gasteiger partial charge on any atom is 0.124 e. The Balaban J connectivity index is 2.53. The third kappa shape index (κ3) is 1.62. The lowest BCUT2D eigenvalue weighted by Crippen LogP contribution is -1.81. The summed E-state index contributed by atoms with van der Waals surface area (Å²) in [5.74, 6) is -0.254. The molecule has 0 saturated carbocycles. The Kier molecular flexibility index (Phi) is 2.14. The number of rotatable bonds is 1. The Morgan fingerprint density at radius 3 is 2.85 bits per heavy atom. The number of hydrogen-bond donors (Lipinski definition) is 1. The second kappa shape index (κ2) is 3.30. The molecule has 1 aromatic carbocycles. The van der Waals surface area contributed by atoms with Gasteiger partial charge < -0.3 is 4.98 Å². The van der Waals surface area contributed by atoms with Gasteiger partial charge in [0.2, 0.25) is 0 Å². The number of nitrogens with one attached hydrogen (secondary N) is 1. The van der Waals surface area contributed by atoms with Crippen LogP contribution >= 0.6 is 15.9 Å². The molecule has 0 bridgehead atoms. The lowest BCUT2D eigenvalue weighted by atomic mass is 10.2. The molecule has 0 unspecified atom stereocenters. The number of nitrogens with zero attached hydrogens (tertiary/aromatic N) is 1. The second-order valence-electron chi connectivity index (χ2n) is 2.59. The van der Waals surface area contributed by atoms with Gasteiger partial charge in [0.1, 0.15) is 5.82 Å². The van der Waals surface area contributed by atoms with E-state index < -0.39 is 0 Å². The SMILES string of the molecule is Fc1ccc(-c2cnc[nH]2)c(Br)c1. The fraction of sp³-hybridized carbons (Fsp3) is 0. The summed E-state index contributed by atoms with van der Waals surface area (Å²) in [5, 5.41) is 0. The maximum absolute atomic E-state index is 12.7. The normalized spacial score (nSPS) is 10.3. The number of H-pyrrole nitrogens is 1. The van der Waals surface area contributed by atoms with Crippen LogP contribution in [0.4, 0.5) is 4.39 Å². The molecule has 0 aliphatic heterocycles. The molecule has 1 heterocycles. The molecule has 2 rings (SSSR count). The first-order valence-electron chi connectivity index (χ1n) is 3.71. The summed E-state index contributed by atoms with van der Waals surface area (Å²) in [4.78, 5) is 6.84. The standard InChI is InChI=1S/C9H6BrFN2/c10-8-3-6(11)1-2-7(8)9-4-12-5-13-9/h1-5H,(H,12,13). The highest BCUT2D eigenvalue weighted by Gasteiger charge is 2.04. The number of benzene rings is 1. The van der Waals surface area contributed by atoms with Crippen molar-refractivity contribution in [3.63, 3.8) is 0 Å². The van der Waals surface area contributed by atoms with E-state index in [1.807, 2.05) is 0 Å². The summed E-state index contributed by atoms with van der Waals surface area (Å²) in [6.07, 6.45) is 3.28. The zero-order valence-corrected chi connectivity index (χ0v) is 8.18. The van der Waals surface area contributed by atoms with Crippen LogP contribution in [0.5, 0.6) is 0 Å². The molecule has 1 N–H and O–H groups in total. The van der Waals surface area contributed by atoms with E-state index in [4.69, 9.17) is 0 Å². The molecule has 0 saturated heterocycles. The predicted molar refractivity (Wildman–Crippen MR) is 51.7 cm³/mol. The zero-order chi connectivity index (χ0) is 9.26. The van der Waals surface area contributed by atoms with E-state index in [0.29, 0.717) is 0 Å². The van der Waals surface area contributed by atoms with Crippen molar-refractivity contribution in [3.8, 4) is 11.3 Å². The topological polar surface area (TPSA) is 28.7 Å². The highest BCUT2D eigenvalue weighted by Crippen LogP contribution is 2.26. The highest BCUT2D eigenvalue weighted by molar-refractivity contribution is 9.10. The first-order chi connectivity index (χ1) is 6.27. The third-order valence-electron chi connectivity index (χ3n) is 1.72. The molecule has 4 heteroatoms. The average Bonchev–Trinajstić information content (AvgIpc) is 2.56. The number of imidazole rings is 1. The van der Waals surface area contributed by atoms with Gasteiger partial charge in [0.05, 0.1) is 18.2 Å². The lowest BCUT2D eigenvalue weighted by Gasteiger charge is -2.00. The summed E-state index contributed by atoms with van der Waals surface area (Å²) in [7, 11) is 0. The zero-order valence-electron chi connectivity index (χ0n) is 6.59. The number of aromatic amines is 1. The summed E-state index contributed by atoms with van der Waals surface area (Å²) >= 11 is 3.28. The number of aromatic nitrogens is 2. The molecule has 0 spiro atoms. The molecule has 0 amide bonds. The van der Waals surface area contributed by atoms with Crippen LogP contribution < -0.4 is 0 Å². The lowest BCUT2D eigenvalue weighted by molar-refractivity contribution is 0.627. The molecule has 0 aliphatic carbocycles. The van der Waals surface area contributed by atoms with Crippen LogP contribution in [0.15, 0.2) is 35.2 Å². The van der Waals surface area contributed by atoms with Gasteiger partial charge in [0.25, 0.3) is 0 Å². The van der Waals surface area contributed by atoms with Gasteiger partial charge in [-0.25, -0.2) is 9.37 Å². The Morgan fingerprint density at radius 2 is 2.23 bits per heavy atom. The van der Waals surface area contributed by atoms with E-state index in [0.717, 1.165) is 15.7 Å². The van der Waals surface area contributed by atoms with Crippen molar-refractivity contribution >= 4 is 15.9 Å². The van der Waals surface area contributed by atoms with Crippen LogP contribution in [0.3, 0.4) is 0 Å². The van der Waals surface area contributed by atoms with Gasteiger partial charge in [-0.1, -0.05) is 0 Å². The number of hydrogen-bond acceptors (Lipinski definition) is 1. The molecule has 0 radical (unpaired) electrons. The minimum absolute atomic E-state index is 0.254. The van der Waals surface area contributed by atoms with Crippen LogP contribution in [0.2, 0.25) is 0 Å². The minimum atomic E-state index is -0.254. The summed E-state index contributed by atoms with van der Waals surface area (Å²) < 4.78 is 13.5. The van der Waals surface area contributed by atoms with E-state index in [2.05, 4.69) is 25.9 Å². The van der Waals surface area contributed by atoms with Gasteiger partial charge in [-0.3, -0.25) is 0 Å². The fourth-order valence-electron chi connectivity index (χ4n) is 1.11. The predicted octanol–water partition coefficient (Wildman–Crippen LogP) is 2.98. The van der Waals surface area contributed by atoms with Crippen LogP contribution in [-0.2, 0) is 0 Å². The molecule has 66 valence electrons. The van der Waals surface area contributed by atoms with Crippen molar-refractivity contribution in [2.75, 3.05) is 0 Å². The van der Waals surface area contributed by atoms with Crippen molar-refractivity contribution in [1.29, 1.82) is 0 Å². The Morgan fingerprint density at radius 1 is 1.38 bits per heavy atom. The quantitative estimate of drug-likeness (QED) is 0.816. The molecule has 2 nitrogen and oxygen atoms in total. The van der Waals surface area contributed by atoms with Crippen molar-refractivity contribution in [3.05, 3.63) is 41.0 Å². The highest BCUT2D eigenvalue weighted by atomic mass is 79.9. The van der Waals surface area contributed by atoms with Crippen LogP contribution in [0.1, 0.15) is 0 Å². The van der Waals surface area contributed by atoms with Crippen LogP contribution in [0.25, 0.3) is 11.3 Å². The van der Waals surface area contributed by atoms with Crippen LogP contribution in [-0.4, -0.2) is 9.97 Å². The van der Waals surface area contributed by atoms with Crippen molar-refractivity contribution < 1.29 is 4.39 Å². The summed E-state index contributed by atoms with van der Waals surface area (Å²) in [6.45, 7) is 0. The van der Waals surface area contributed by atoms with Crippen molar-refractivity contribution in [2.24, 2.45) is 0 Å². The molecule has 1 aromatic heterocycles.